The summed E-state index contributed by atoms with van der Waals surface area (Å²) in [6.07, 6.45) is 0. The van der Waals surface area contributed by atoms with Gasteiger partial charge in [-0.05, 0) is 24.6 Å². The van der Waals surface area contributed by atoms with Crippen LogP contribution in [0, 0.1) is 5.41 Å². The van der Waals surface area contributed by atoms with Crippen molar-refractivity contribution in [2.75, 3.05) is 0 Å². The molecule has 1 aromatic carbocycles. The summed E-state index contributed by atoms with van der Waals surface area (Å²) in [4.78, 5) is 0.754. The van der Waals surface area contributed by atoms with Gasteiger partial charge in [0.25, 0.3) is 0 Å². The first-order valence-electron chi connectivity index (χ1n) is 4.71. The molecule has 1 heterocycles. The lowest BCUT2D eigenvalue weighted by Crippen LogP contribution is -1.88. The smallest absolute Gasteiger partial charge is 0.143 e. The molecule has 2 N–H and O–H groups in total. The van der Waals surface area contributed by atoms with Crippen molar-refractivity contribution in [2.45, 2.75) is 6.92 Å². The predicted molar refractivity (Wildman–Crippen MR) is 68.9 cm³/mol. The zero-order valence-corrected chi connectivity index (χ0v) is 10.2. The Kier molecular flexibility index (Phi) is 2.99. The maximum absolute atomic E-state index is 9.97. The van der Waals surface area contributed by atoms with Crippen LogP contribution in [-0.2, 0) is 0 Å². The van der Waals surface area contributed by atoms with Crippen molar-refractivity contribution < 1.29 is 5.11 Å². The molecular weight excluding hydrogens is 242 g/mol. The second-order valence-electron chi connectivity index (χ2n) is 3.46. The molecule has 1 aromatic heterocycles. The molecule has 2 rings (SSSR count). The number of benzene rings is 1. The summed E-state index contributed by atoms with van der Waals surface area (Å²) in [6.45, 7) is 1.66. The minimum atomic E-state index is 0.166. The van der Waals surface area contributed by atoms with E-state index in [-0.39, 0.29) is 5.75 Å². The molecule has 0 atom stereocenters. The Balaban J connectivity index is 2.53. The summed E-state index contributed by atoms with van der Waals surface area (Å²) >= 11 is 7.31. The number of nitrogens with one attached hydrogen (secondary N) is 1. The Morgan fingerprint density at radius 3 is 2.75 bits per heavy atom. The van der Waals surface area contributed by atoms with Crippen LogP contribution in [0.5, 0.6) is 5.75 Å². The molecule has 0 unspecified atom stereocenters. The SMILES string of the molecule is CC(=N)c1csc(-c2cccc(Cl)c2)c1O. The van der Waals surface area contributed by atoms with Gasteiger partial charge in [-0.3, -0.25) is 0 Å². The molecule has 2 nitrogen and oxygen atoms in total. The van der Waals surface area contributed by atoms with E-state index in [1.807, 2.05) is 12.1 Å². The van der Waals surface area contributed by atoms with Gasteiger partial charge in [-0.1, -0.05) is 23.7 Å². The summed E-state index contributed by atoms with van der Waals surface area (Å²) in [5, 5.41) is 19.9. The lowest BCUT2D eigenvalue weighted by Gasteiger charge is -2.00. The fraction of sp³-hybridized carbons (Fsp3) is 0.0833. The van der Waals surface area contributed by atoms with Crippen LogP contribution < -0.4 is 0 Å². The van der Waals surface area contributed by atoms with Crippen LogP contribution in [0.25, 0.3) is 10.4 Å². The van der Waals surface area contributed by atoms with E-state index in [1.54, 1.807) is 24.4 Å². The zero-order chi connectivity index (χ0) is 11.7. The molecule has 4 heteroatoms. The second kappa shape index (κ2) is 4.28. The summed E-state index contributed by atoms with van der Waals surface area (Å²) in [5.41, 5.74) is 1.82. The summed E-state index contributed by atoms with van der Waals surface area (Å²) in [5.74, 6) is 0.166. The van der Waals surface area contributed by atoms with Gasteiger partial charge in [0.15, 0.2) is 0 Å². The first-order valence-corrected chi connectivity index (χ1v) is 5.97. The number of hydrogen-bond donors (Lipinski definition) is 2. The van der Waals surface area contributed by atoms with E-state index in [1.165, 1.54) is 11.3 Å². The third-order valence-electron chi connectivity index (χ3n) is 2.26. The Labute approximate surface area is 103 Å². The van der Waals surface area contributed by atoms with E-state index >= 15 is 0 Å². The number of aromatic hydroxyl groups is 1. The molecule has 0 aliphatic heterocycles. The molecule has 0 saturated carbocycles. The third kappa shape index (κ3) is 1.96. The zero-order valence-electron chi connectivity index (χ0n) is 8.62. The lowest BCUT2D eigenvalue weighted by molar-refractivity contribution is 0.478. The molecule has 0 spiro atoms. The van der Waals surface area contributed by atoms with E-state index in [9.17, 15) is 5.11 Å². The highest BCUT2D eigenvalue weighted by atomic mass is 35.5. The van der Waals surface area contributed by atoms with Gasteiger partial charge in [0.2, 0.25) is 0 Å². The van der Waals surface area contributed by atoms with Gasteiger partial charge in [-0.2, -0.15) is 0 Å². The van der Waals surface area contributed by atoms with E-state index in [0.29, 0.717) is 16.3 Å². The Bertz CT molecular complexity index is 548. The topological polar surface area (TPSA) is 44.1 Å². The van der Waals surface area contributed by atoms with Crippen molar-refractivity contribution in [2.24, 2.45) is 0 Å². The minimum Gasteiger partial charge on any atom is -0.506 e. The summed E-state index contributed by atoms with van der Waals surface area (Å²) in [7, 11) is 0. The summed E-state index contributed by atoms with van der Waals surface area (Å²) < 4.78 is 0. The number of rotatable bonds is 2. The minimum absolute atomic E-state index is 0.166. The molecule has 0 amide bonds. The standard InChI is InChI=1S/C12H10ClNOS/c1-7(14)10-6-16-12(11(10)15)8-3-2-4-9(13)5-8/h2-6,14-15H,1H3. The van der Waals surface area contributed by atoms with Crippen LogP contribution in [0.3, 0.4) is 0 Å². The van der Waals surface area contributed by atoms with E-state index in [2.05, 4.69) is 0 Å². The van der Waals surface area contributed by atoms with Crippen LogP contribution in [0.2, 0.25) is 5.02 Å². The average Bonchev–Trinajstić information content (AvgIpc) is 2.60. The van der Waals surface area contributed by atoms with Gasteiger partial charge in [0, 0.05) is 21.7 Å². The van der Waals surface area contributed by atoms with E-state index in [0.717, 1.165) is 10.4 Å². The largest absolute Gasteiger partial charge is 0.506 e. The first-order chi connectivity index (χ1) is 7.59. The van der Waals surface area contributed by atoms with Gasteiger partial charge in [-0.25, -0.2) is 0 Å². The van der Waals surface area contributed by atoms with Crippen molar-refractivity contribution in [1.82, 2.24) is 0 Å². The highest BCUT2D eigenvalue weighted by molar-refractivity contribution is 7.14. The molecule has 0 aliphatic rings. The lowest BCUT2D eigenvalue weighted by atomic mass is 10.1. The van der Waals surface area contributed by atoms with Crippen molar-refractivity contribution in [1.29, 1.82) is 5.41 Å². The van der Waals surface area contributed by atoms with Crippen molar-refractivity contribution in [3.05, 3.63) is 40.2 Å². The average molecular weight is 252 g/mol. The van der Waals surface area contributed by atoms with Crippen LogP contribution in [-0.4, -0.2) is 10.8 Å². The van der Waals surface area contributed by atoms with E-state index in [4.69, 9.17) is 17.0 Å². The van der Waals surface area contributed by atoms with Crippen molar-refractivity contribution >= 4 is 28.6 Å². The molecule has 0 bridgehead atoms. The van der Waals surface area contributed by atoms with Gasteiger partial charge in [0.05, 0.1) is 4.88 Å². The highest BCUT2D eigenvalue weighted by Crippen LogP contribution is 2.39. The van der Waals surface area contributed by atoms with Crippen molar-refractivity contribution in [3.63, 3.8) is 0 Å². The normalized spacial score (nSPS) is 10.4. The van der Waals surface area contributed by atoms with Crippen molar-refractivity contribution in [3.8, 4) is 16.2 Å². The predicted octanol–water partition coefficient (Wildman–Crippen LogP) is 4.16. The van der Waals surface area contributed by atoms with Gasteiger partial charge < -0.3 is 10.5 Å². The Morgan fingerprint density at radius 2 is 2.19 bits per heavy atom. The fourth-order valence-corrected chi connectivity index (χ4v) is 2.65. The molecule has 0 radical (unpaired) electrons. The van der Waals surface area contributed by atoms with Crippen LogP contribution >= 0.6 is 22.9 Å². The second-order valence-corrected chi connectivity index (χ2v) is 4.78. The molecular formula is C12H10ClNOS. The maximum atomic E-state index is 9.97. The molecule has 16 heavy (non-hydrogen) atoms. The van der Waals surface area contributed by atoms with E-state index < -0.39 is 0 Å². The van der Waals surface area contributed by atoms with Gasteiger partial charge in [0.1, 0.15) is 5.75 Å². The summed E-state index contributed by atoms with van der Waals surface area (Å²) in [6, 6.07) is 7.32. The monoisotopic (exact) mass is 251 g/mol. The highest BCUT2D eigenvalue weighted by Gasteiger charge is 2.13. The Hall–Kier alpha value is -1.32. The number of hydrogen-bond acceptors (Lipinski definition) is 3. The molecule has 0 fully saturated rings. The fourth-order valence-electron chi connectivity index (χ4n) is 1.45. The number of thiophene rings is 1. The Morgan fingerprint density at radius 1 is 1.44 bits per heavy atom. The molecule has 82 valence electrons. The maximum Gasteiger partial charge on any atom is 0.143 e. The van der Waals surface area contributed by atoms with Crippen LogP contribution in [0.15, 0.2) is 29.6 Å². The molecule has 0 saturated heterocycles. The number of halogens is 1. The quantitative estimate of drug-likeness (QED) is 0.774. The van der Waals surface area contributed by atoms with Crippen LogP contribution in [0.1, 0.15) is 12.5 Å². The first kappa shape index (κ1) is 11.2. The van der Waals surface area contributed by atoms with Gasteiger partial charge in [-0.15, -0.1) is 11.3 Å². The van der Waals surface area contributed by atoms with Crippen LogP contribution in [0.4, 0.5) is 0 Å². The molecule has 0 aliphatic carbocycles. The van der Waals surface area contributed by atoms with Gasteiger partial charge >= 0.3 is 0 Å². The third-order valence-corrected chi connectivity index (χ3v) is 3.51. The molecule has 2 aromatic rings.